The van der Waals surface area contributed by atoms with E-state index in [1.165, 1.54) is 0 Å². The number of carbonyl (C=O) groups is 1. The predicted octanol–water partition coefficient (Wildman–Crippen LogP) is 4.26. The molecule has 2 aromatic heterocycles. The average molecular weight is 431 g/mol. The normalized spacial score (nSPS) is 11.5. The van der Waals surface area contributed by atoms with Crippen molar-refractivity contribution >= 4 is 17.5 Å². The molecule has 164 valence electrons. The molecule has 2 heterocycles. The number of nitrogens with two attached hydrogens (primary N) is 1. The highest BCUT2D eigenvalue weighted by molar-refractivity contribution is 5.95. The Balaban J connectivity index is 1.86. The highest BCUT2D eigenvalue weighted by Crippen LogP contribution is 2.31. The molecule has 0 saturated carbocycles. The van der Waals surface area contributed by atoms with Gasteiger partial charge in [0, 0.05) is 36.1 Å². The van der Waals surface area contributed by atoms with Gasteiger partial charge in [-0.2, -0.15) is 5.10 Å². The molecule has 4 aromatic rings. The molecule has 0 fully saturated rings. The summed E-state index contributed by atoms with van der Waals surface area (Å²) < 4.78 is 3.61. The number of para-hydroxylation sites is 1. The van der Waals surface area contributed by atoms with Crippen LogP contribution in [0.25, 0.3) is 11.4 Å². The molecule has 8 heteroatoms. The zero-order valence-corrected chi connectivity index (χ0v) is 18.3. The minimum Gasteiger partial charge on any atom is -0.478 e. The van der Waals surface area contributed by atoms with E-state index in [1.54, 1.807) is 41.6 Å². The molecular formula is C24H26N6O2. The van der Waals surface area contributed by atoms with Crippen LogP contribution in [0.15, 0.2) is 67.3 Å². The molecule has 4 N–H and O–H groups in total. The quantitative estimate of drug-likeness (QED) is 0.422. The van der Waals surface area contributed by atoms with Crippen molar-refractivity contribution in [3.63, 3.8) is 0 Å². The fraction of sp³-hybridized carbons (Fsp3) is 0.208. The van der Waals surface area contributed by atoms with E-state index in [2.05, 4.69) is 31.1 Å². The van der Waals surface area contributed by atoms with Crippen LogP contribution in [0.2, 0.25) is 0 Å². The lowest BCUT2D eigenvalue weighted by atomic mass is 9.92. The summed E-state index contributed by atoms with van der Waals surface area (Å²) >= 11 is 0. The average Bonchev–Trinajstić information content (AvgIpc) is 3.43. The number of nitrogens with one attached hydrogen (secondary N) is 1. The molecule has 0 radical (unpaired) electrons. The number of hydrogen-bond acceptors (Lipinski definition) is 5. The van der Waals surface area contributed by atoms with Crippen molar-refractivity contribution in [3.05, 3.63) is 84.1 Å². The predicted molar refractivity (Wildman–Crippen MR) is 124 cm³/mol. The molecule has 0 aliphatic carbocycles. The van der Waals surface area contributed by atoms with Crippen molar-refractivity contribution in [2.45, 2.75) is 32.7 Å². The van der Waals surface area contributed by atoms with Crippen LogP contribution in [0, 0.1) is 0 Å². The Morgan fingerprint density at radius 3 is 2.59 bits per heavy atom. The lowest BCUT2D eigenvalue weighted by Crippen LogP contribution is -2.13. The third-order valence-electron chi connectivity index (χ3n) is 5.22. The summed E-state index contributed by atoms with van der Waals surface area (Å²) in [5, 5.41) is 17.9. The highest BCUT2D eigenvalue weighted by atomic mass is 16.4. The number of imidazole rings is 1. The minimum absolute atomic E-state index is 0.158. The van der Waals surface area contributed by atoms with E-state index in [4.69, 9.17) is 10.8 Å². The molecular weight excluding hydrogens is 404 g/mol. The number of rotatable bonds is 6. The van der Waals surface area contributed by atoms with Crippen LogP contribution in [0.5, 0.6) is 0 Å². The van der Waals surface area contributed by atoms with Crippen molar-refractivity contribution in [1.82, 2.24) is 19.3 Å². The zero-order valence-electron chi connectivity index (χ0n) is 18.3. The first-order valence-electron chi connectivity index (χ1n) is 10.3. The van der Waals surface area contributed by atoms with Crippen LogP contribution in [0.1, 0.15) is 42.4 Å². The summed E-state index contributed by atoms with van der Waals surface area (Å²) in [7, 11) is 0. The van der Waals surface area contributed by atoms with E-state index in [0.717, 1.165) is 22.6 Å². The maximum absolute atomic E-state index is 11.9. The molecule has 0 amide bonds. The summed E-state index contributed by atoms with van der Waals surface area (Å²) in [5.74, 6) is -0.366. The number of aromatic nitrogens is 4. The van der Waals surface area contributed by atoms with Crippen molar-refractivity contribution in [2.75, 3.05) is 5.32 Å². The Kier molecular flexibility index (Phi) is 5.54. The van der Waals surface area contributed by atoms with Gasteiger partial charge in [-0.05, 0) is 29.8 Å². The zero-order chi connectivity index (χ0) is 22.9. The van der Waals surface area contributed by atoms with Crippen LogP contribution in [-0.2, 0) is 12.0 Å². The summed E-state index contributed by atoms with van der Waals surface area (Å²) in [6.45, 7) is 6.61. The second-order valence-electron chi connectivity index (χ2n) is 8.54. The van der Waals surface area contributed by atoms with Crippen LogP contribution < -0.4 is 11.1 Å². The molecule has 0 unspecified atom stereocenters. The number of carboxylic acids is 1. The smallest absolute Gasteiger partial charge is 0.337 e. The number of anilines is 2. The molecule has 0 aliphatic rings. The van der Waals surface area contributed by atoms with Crippen molar-refractivity contribution < 1.29 is 9.90 Å². The Morgan fingerprint density at radius 1 is 1.16 bits per heavy atom. The van der Waals surface area contributed by atoms with Crippen molar-refractivity contribution in [1.29, 1.82) is 0 Å². The first kappa shape index (κ1) is 21.3. The number of hydrogen-bond donors (Lipinski definition) is 3. The van der Waals surface area contributed by atoms with E-state index in [-0.39, 0.29) is 11.0 Å². The van der Waals surface area contributed by atoms with Gasteiger partial charge in [-0.3, -0.25) is 0 Å². The third-order valence-corrected chi connectivity index (χ3v) is 5.22. The molecule has 4 rings (SSSR count). The molecule has 32 heavy (non-hydrogen) atoms. The van der Waals surface area contributed by atoms with Gasteiger partial charge in [0.25, 0.3) is 0 Å². The van der Waals surface area contributed by atoms with Gasteiger partial charge in [-0.1, -0.05) is 39.0 Å². The first-order chi connectivity index (χ1) is 15.3. The van der Waals surface area contributed by atoms with Crippen molar-refractivity contribution in [3.8, 4) is 11.4 Å². The van der Waals surface area contributed by atoms with Crippen LogP contribution in [0.3, 0.4) is 0 Å². The fourth-order valence-corrected chi connectivity index (χ4v) is 3.44. The standard InChI is InChI=1S/C24H26N6O2/c1-24(2,3)21-13-22(30(28-21)20-7-5-4-6-16(20)14-25)27-19-12-17(29-11-10-26-15-29)8-9-18(19)23(31)32/h4-13,15,27H,14,25H2,1-3H3,(H,31,32). The summed E-state index contributed by atoms with van der Waals surface area (Å²) in [6, 6.07) is 14.8. The maximum atomic E-state index is 11.9. The van der Waals surface area contributed by atoms with Gasteiger partial charge >= 0.3 is 5.97 Å². The van der Waals surface area contributed by atoms with Crippen molar-refractivity contribution in [2.24, 2.45) is 5.73 Å². The number of aromatic carboxylic acids is 1. The second-order valence-corrected chi connectivity index (χ2v) is 8.54. The second kappa shape index (κ2) is 8.32. The molecule has 0 bridgehead atoms. The SMILES string of the molecule is CC(C)(C)c1cc(Nc2cc(-n3ccnc3)ccc2C(=O)O)n(-c2ccccc2CN)n1. The van der Waals surface area contributed by atoms with Gasteiger partial charge in [-0.25, -0.2) is 14.5 Å². The van der Waals surface area contributed by atoms with E-state index < -0.39 is 5.97 Å². The molecule has 0 spiro atoms. The summed E-state index contributed by atoms with van der Waals surface area (Å²) in [4.78, 5) is 16.0. The molecule has 0 atom stereocenters. The lowest BCUT2D eigenvalue weighted by Gasteiger charge is -2.15. The summed E-state index contributed by atoms with van der Waals surface area (Å²) in [5.41, 5.74) is 9.82. The molecule has 8 nitrogen and oxygen atoms in total. The lowest BCUT2D eigenvalue weighted by molar-refractivity contribution is 0.0698. The van der Waals surface area contributed by atoms with Crippen LogP contribution in [0.4, 0.5) is 11.5 Å². The van der Waals surface area contributed by atoms with Gasteiger partial charge in [0.15, 0.2) is 0 Å². The Hall–Kier alpha value is -3.91. The number of benzene rings is 2. The topological polar surface area (TPSA) is 111 Å². The van der Waals surface area contributed by atoms with Gasteiger partial charge in [0.2, 0.25) is 0 Å². The van der Waals surface area contributed by atoms with E-state index in [1.807, 2.05) is 34.9 Å². The third kappa shape index (κ3) is 4.13. The summed E-state index contributed by atoms with van der Waals surface area (Å²) in [6.07, 6.45) is 5.14. The fourth-order valence-electron chi connectivity index (χ4n) is 3.44. The Morgan fingerprint density at radius 2 is 1.94 bits per heavy atom. The molecule has 2 aromatic carbocycles. The number of carboxylic acid groups (broad SMARTS) is 1. The van der Waals surface area contributed by atoms with E-state index in [0.29, 0.717) is 18.1 Å². The van der Waals surface area contributed by atoms with Crippen LogP contribution in [-0.4, -0.2) is 30.4 Å². The molecule has 0 saturated heterocycles. The Bertz CT molecular complexity index is 1250. The first-order valence-corrected chi connectivity index (χ1v) is 10.3. The number of nitrogens with zero attached hydrogens (tertiary/aromatic N) is 4. The van der Waals surface area contributed by atoms with Gasteiger partial charge < -0.3 is 20.7 Å². The van der Waals surface area contributed by atoms with E-state index >= 15 is 0 Å². The Labute approximate surface area is 186 Å². The van der Waals surface area contributed by atoms with Gasteiger partial charge in [-0.15, -0.1) is 0 Å². The maximum Gasteiger partial charge on any atom is 0.337 e. The van der Waals surface area contributed by atoms with E-state index in [9.17, 15) is 9.90 Å². The highest BCUT2D eigenvalue weighted by Gasteiger charge is 2.22. The van der Waals surface area contributed by atoms with Crippen LogP contribution >= 0.6 is 0 Å². The molecule has 0 aliphatic heterocycles. The van der Waals surface area contributed by atoms with Gasteiger partial charge in [0.1, 0.15) is 5.82 Å². The monoisotopic (exact) mass is 430 g/mol. The largest absolute Gasteiger partial charge is 0.478 e. The van der Waals surface area contributed by atoms with Gasteiger partial charge in [0.05, 0.1) is 29.0 Å². The minimum atomic E-state index is -1.02.